The predicted octanol–water partition coefficient (Wildman–Crippen LogP) is 5.05. The van der Waals surface area contributed by atoms with Crippen LogP contribution in [-0.4, -0.2) is 15.2 Å². The van der Waals surface area contributed by atoms with Crippen molar-refractivity contribution in [2.45, 2.75) is 20.8 Å². The van der Waals surface area contributed by atoms with Gasteiger partial charge in [0.05, 0.1) is 6.20 Å². The fraction of sp³-hybridized carbons (Fsp3) is 0.167. The van der Waals surface area contributed by atoms with Crippen LogP contribution in [0.4, 0.5) is 23.1 Å². The van der Waals surface area contributed by atoms with Crippen molar-refractivity contribution in [3.63, 3.8) is 0 Å². The zero-order valence-electron chi connectivity index (χ0n) is 13.8. The molecule has 0 radical (unpaired) electrons. The molecule has 5 nitrogen and oxygen atoms in total. The molecule has 122 valence electrons. The molecule has 1 heterocycles. The van der Waals surface area contributed by atoms with E-state index >= 15 is 0 Å². The summed E-state index contributed by atoms with van der Waals surface area (Å²) in [6, 6.07) is 12.2. The van der Waals surface area contributed by atoms with Crippen molar-refractivity contribution < 1.29 is 0 Å². The van der Waals surface area contributed by atoms with Gasteiger partial charge in [0, 0.05) is 15.8 Å². The highest BCUT2D eigenvalue weighted by molar-refractivity contribution is 9.10. The Kier molecular flexibility index (Phi) is 4.76. The van der Waals surface area contributed by atoms with Gasteiger partial charge in [-0.05, 0) is 56.2 Å². The third-order valence-corrected chi connectivity index (χ3v) is 4.51. The summed E-state index contributed by atoms with van der Waals surface area (Å²) >= 11 is 3.49. The molecule has 3 rings (SSSR count). The topological polar surface area (TPSA) is 62.7 Å². The van der Waals surface area contributed by atoms with Crippen LogP contribution < -0.4 is 10.6 Å². The Hall–Kier alpha value is -2.47. The zero-order chi connectivity index (χ0) is 17.1. The Morgan fingerprint density at radius 1 is 0.917 bits per heavy atom. The maximum Gasteiger partial charge on any atom is 0.249 e. The molecule has 0 aliphatic carbocycles. The first-order valence-electron chi connectivity index (χ1n) is 7.58. The standard InChI is InChI=1S/C18H18BrN5/c1-11-4-7-16(13(3)8-11)22-17-10-20-24-18(23-17)21-14-5-6-15(19)12(2)9-14/h4-10H,1-3H3,(H2,21,22,23,24). The highest BCUT2D eigenvalue weighted by Crippen LogP contribution is 2.23. The van der Waals surface area contributed by atoms with E-state index in [0.717, 1.165) is 27.0 Å². The zero-order valence-corrected chi connectivity index (χ0v) is 15.3. The van der Waals surface area contributed by atoms with Crippen LogP contribution in [0, 0.1) is 20.8 Å². The number of hydrogen-bond donors (Lipinski definition) is 2. The highest BCUT2D eigenvalue weighted by Gasteiger charge is 2.05. The van der Waals surface area contributed by atoms with Crippen molar-refractivity contribution in [2.24, 2.45) is 0 Å². The minimum absolute atomic E-state index is 0.450. The number of nitrogens with one attached hydrogen (secondary N) is 2. The summed E-state index contributed by atoms with van der Waals surface area (Å²) in [5, 5.41) is 14.5. The summed E-state index contributed by atoms with van der Waals surface area (Å²) in [6.45, 7) is 6.17. The quantitative estimate of drug-likeness (QED) is 0.659. The summed E-state index contributed by atoms with van der Waals surface area (Å²) in [6.07, 6.45) is 1.61. The maximum absolute atomic E-state index is 4.47. The first-order valence-corrected chi connectivity index (χ1v) is 8.38. The second-order valence-corrected chi connectivity index (χ2v) is 6.55. The molecule has 0 atom stereocenters. The fourth-order valence-corrected chi connectivity index (χ4v) is 2.61. The molecule has 0 aliphatic heterocycles. The summed E-state index contributed by atoms with van der Waals surface area (Å²) in [7, 11) is 0. The molecule has 0 aliphatic rings. The average molecular weight is 384 g/mol. The molecule has 1 aromatic heterocycles. The number of hydrogen-bond acceptors (Lipinski definition) is 5. The van der Waals surface area contributed by atoms with Crippen LogP contribution in [0.15, 0.2) is 47.1 Å². The smallest absolute Gasteiger partial charge is 0.249 e. The van der Waals surface area contributed by atoms with Crippen LogP contribution in [0.25, 0.3) is 0 Å². The summed E-state index contributed by atoms with van der Waals surface area (Å²) in [5.41, 5.74) is 5.45. The highest BCUT2D eigenvalue weighted by atomic mass is 79.9. The van der Waals surface area contributed by atoms with Crippen molar-refractivity contribution in [2.75, 3.05) is 10.6 Å². The van der Waals surface area contributed by atoms with Crippen LogP contribution in [0.1, 0.15) is 16.7 Å². The van der Waals surface area contributed by atoms with Gasteiger partial charge in [-0.25, -0.2) is 0 Å². The lowest BCUT2D eigenvalue weighted by molar-refractivity contribution is 0.982. The first-order chi connectivity index (χ1) is 11.5. The van der Waals surface area contributed by atoms with Crippen molar-refractivity contribution in [1.29, 1.82) is 0 Å². The van der Waals surface area contributed by atoms with E-state index < -0.39 is 0 Å². The lowest BCUT2D eigenvalue weighted by Crippen LogP contribution is -2.03. The van der Waals surface area contributed by atoms with Crippen LogP contribution >= 0.6 is 15.9 Å². The first kappa shape index (κ1) is 16.4. The van der Waals surface area contributed by atoms with E-state index in [1.165, 1.54) is 5.56 Å². The second-order valence-electron chi connectivity index (χ2n) is 5.70. The second kappa shape index (κ2) is 6.97. The Morgan fingerprint density at radius 3 is 2.50 bits per heavy atom. The van der Waals surface area contributed by atoms with E-state index in [1.807, 2.05) is 31.2 Å². The molecule has 0 unspecified atom stereocenters. The molecule has 0 fully saturated rings. The Labute approximate surface area is 149 Å². The van der Waals surface area contributed by atoms with E-state index in [0.29, 0.717) is 11.8 Å². The van der Waals surface area contributed by atoms with Crippen LogP contribution in [0.3, 0.4) is 0 Å². The Balaban J connectivity index is 1.79. The van der Waals surface area contributed by atoms with Gasteiger partial charge in [0.2, 0.25) is 5.95 Å². The van der Waals surface area contributed by atoms with E-state index in [9.17, 15) is 0 Å². The fourth-order valence-electron chi connectivity index (χ4n) is 2.36. The number of aromatic nitrogens is 3. The SMILES string of the molecule is Cc1ccc(Nc2cnnc(Nc3ccc(Br)c(C)c3)n2)c(C)c1. The molecule has 24 heavy (non-hydrogen) atoms. The number of anilines is 4. The molecule has 0 saturated carbocycles. The van der Waals surface area contributed by atoms with Crippen molar-refractivity contribution in [3.8, 4) is 0 Å². The van der Waals surface area contributed by atoms with Gasteiger partial charge in [0.15, 0.2) is 5.82 Å². The lowest BCUT2D eigenvalue weighted by atomic mass is 10.1. The van der Waals surface area contributed by atoms with Crippen molar-refractivity contribution >= 4 is 39.1 Å². The lowest BCUT2D eigenvalue weighted by Gasteiger charge is -2.11. The third kappa shape index (κ3) is 3.89. The van der Waals surface area contributed by atoms with Crippen LogP contribution in [-0.2, 0) is 0 Å². The van der Waals surface area contributed by atoms with Crippen LogP contribution in [0.2, 0.25) is 0 Å². The Bertz CT molecular complexity index is 879. The molecule has 6 heteroatoms. The number of aryl methyl sites for hydroxylation is 3. The van der Waals surface area contributed by atoms with Gasteiger partial charge in [-0.1, -0.05) is 33.6 Å². The molecular weight excluding hydrogens is 366 g/mol. The average Bonchev–Trinajstić information content (AvgIpc) is 2.54. The number of benzene rings is 2. The van der Waals surface area contributed by atoms with E-state index in [4.69, 9.17) is 0 Å². The van der Waals surface area contributed by atoms with E-state index in [2.05, 4.69) is 67.7 Å². The van der Waals surface area contributed by atoms with Crippen molar-refractivity contribution in [3.05, 3.63) is 63.8 Å². The number of nitrogens with zero attached hydrogens (tertiary/aromatic N) is 3. The van der Waals surface area contributed by atoms with Gasteiger partial charge in [-0.15, -0.1) is 5.10 Å². The molecule has 3 aromatic rings. The molecule has 2 N–H and O–H groups in total. The molecular formula is C18H18BrN5. The van der Waals surface area contributed by atoms with Gasteiger partial charge < -0.3 is 10.6 Å². The molecule has 0 saturated heterocycles. The van der Waals surface area contributed by atoms with Crippen molar-refractivity contribution in [1.82, 2.24) is 15.2 Å². The van der Waals surface area contributed by atoms with E-state index in [1.54, 1.807) is 6.20 Å². The normalized spacial score (nSPS) is 10.5. The van der Waals surface area contributed by atoms with Gasteiger partial charge in [-0.2, -0.15) is 10.1 Å². The number of rotatable bonds is 4. The van der Waals surface area contributed by atoms with E-state index in [-0.39, 0.29) is 0 Å². The van der Waals surface area contributed by atoms with Gasteiger partial charge in [0.25, 0.3) is 0 Å². The van der Waals surface area contributed by atoms with Gasteiger partial charge in [-0.3, -0.25) is 0 Å². The molecule has 0 amide bonds. The minimum Gasteiger partial charge on any atom is -0.339 e. The predicted molar refractivity (Wildman–Crippen MR) is 101 cm³/mol. The molecule has 0 spiro atoms. The molecule has 2 aromatic carbocycles. The summed E-state index contributed by atoms with van der Waals surface area (Å²) in [4.78, 5) is 4.47. The van der Waals surface area contributed by atoms with Gasteiger partial charge in [0.1, 0.15) is 0 Å². The maximum atomic E-state index is 4.47. The summed E-state index contributed by atoms with van der Waals surface area (Å²) in [5.74, 6) is 1.10. The Morgan fingerprint density at radius 2 is 1.75 bits per heavy atom. The minimum atomic E-state index is 0.450. The monoisotopic (exact) mass is 383 g/mol. The molecule has 0 bridgehead atoms. The van der Waals surface area contributed by atoms with Gasteiger partial charge >= 0.3 is 0 Å². The number of halogens is 1. The van der Waals surface area contributed by atoms with Crippen LogP contribution in [0.5, 0.6) is 0 Å². The summed E-state index contributed by atoms with van der Waals surface area (Å²) < 4.78 is 1.07. The largest absolute Gasteiger partial charge is 0.339 e. The third-order valence-electron chi connectivity index (χ3n) is 3.62.